The highest BCUT2D eigenvalue weighted by molar-refractivity contribution is 7.90. The lowest BCUT2D eigenvalue weighted by atomic mass is 9.98. The molecule has 3 aromatic carbocycles. The Balaban J connectivity index is 1.69. The summed E-state index contributed by atoms with van der Waals surface area (Å²) in [4.78, 5) is 8.47. The number of alkyl halides is 5. The topological polar surface area (TPSA) is 87.2 Å². The van der Waals surface area contributed by atoms with Crippen molar-refractivity contribution in [1.82, 2.24) is 14.5 Å². The molecule has 5 rings (SSSR count). The fourth-order valence-corrected chi connectivity index (χ4v) is 5.21. The van der Waals surface area contributed by atoms with Crippen LogP contribution < -0.4 is 4.74 Å². The number of sulfone groups is 1. The zero-order valence-corrected chi connectivity index (χ0v) is 23.8. The van der Waals surface area contributed by atoms with Gasteiger partial charge in [0.05, 0.1) is 10.6 Å². The summed E-state index contributed by atoms with van der Waals surface area (Å²) in [5.74, 6) is -3.13. The Kier molecular flexibility index (Phi) is 7.63. The Morgan fingerprint density at radius 1 is 0.930 bits per heavy atom. The van der Waals surface area contributed by atoms with Gasteiger partial charge in [-0.1, -0.05) is 25.1 Å². The summed E-state index contributed by atoms with van der Waals surface area (Å²) in [7, 11) is -3.51. The molecule has 0 N–H and O–H groups in total. The SMILES string of the molecule is CCC(F)(F)c1cn(-c2ccc(-c3cccc(S(C)(=O)=O)c3)cc2-c2ocnc2-c2ccc(OC(F)(F)F)cc2)c(C)n1. The summed E-state index contributed by atoms with van der Waals surface area (Å²) >= 11 is 0. The zero-order chi connectivity index (χ0) is 31.2. The van der Waals surface area contributed by atoms with Crippen LogP contribution in [0.5, 0.6) is 5.75 Å². The van der Waals surface area contributed by atoms with Crippen molar-refractivity contribution in [3.63, 3.8) is 0 Å². The van der Waals surface area contributed by atoms with E-state index < -0.39 is 40.0 Å². The number of benzene rings is 3. The monoisotopic (exact) mass is 617 g/mol. The largest absolute Gasteiger partial charge is 0.573 e. The van der Waals surface area contributed by atoms with Crippen LogP contribution in [0.2, 0.25) is 0 Å². The molecule has 0 aliphatic heterocycles. The van der Waals surface area contributed by atoms with Crippen molar-refractivity contribution in [3.8, 4) is 45.1 Å². The molecule has 0 saturated carbocycles. The van der Waals surface area contributed by atoms with Gasteiger partial charge in [0.1, 0.15) is 23.0 Å². The Labute approximate surface area is 243 Å². The first-order valence-electron chi connectivity index (χ1n) is 12.9. The average molecular weight is 618 g/mol. The molecular weight excluding hydrogens is 593 g/mol. The lowest BCUT2D eigenvalue weighted by Crippen LogP contribution is -2.16. The minimum absolute atomic E-state index is 0.106. The lowest BCUT2D eigenvalue weighted by molar-refractivity contribution is -0.274. The third kappa shape index (κ3) is 6.31. The molecule has 2 heterocycles. The Hall–Kier alpha value is -4.52. The van der Waals surface area contributed by atoms with E-state index in [1.54, 1.807) is 37.3 Å². The predicted octanol–water partition coefficient (Wildman–Crippen LogP) is 7.97. The second-order valence-electron chi connectivity index (χ2n) is 9.74. The first-order valence-corrected chi connectivity index (χ1v) is 14.7. The fourth-order valence-electron chi connectivity index (χ4n) is 4.55. The van der Waals surface area contributed by atoms with E-state index in [1.165, 1.54) is 42.0 Å². The van der Waals surface area contributed by atoms with Gasteiger partial charge < -0.3 is 13.7 Å². The van der Waals surface area contributed by atoms with Gasteiger partial charge in [0, 0.05) is 30.0 Å². The van der Waals surface area contributed by atoms with E-state index in [1.807, 2.05) is 0 Å². The van der Waals surface area contributed by atoms with Gasteiger partial charge in [-0.25, -0.2) is 18.4 Å². The van der Waals surface area contributed by atoms with Crippen LogP contribution in [0, 0.1) is 6.92 Å². The quantitative estimate of drug-likeness (QED) is 0.164. The summed E-state index contributed by atoms with van der Waals surface area (Å²) in [6.45, 7) is 2.92. The molecule has 0 aliphatic carbocycles. The zero-order valence-electron chi connectivity index (χ0n) is 23.0. The van der Waals surface area contributed by atoms with E-state index >= 15 is 0 Å². The third-order valence-electron chi connectivity index (χ3n) is 6.73. The number of ether oxygens (including phenoxy) is 1. The molecule has 0 saturated heterocycles. The van der Waals surface area contributed by atoms with Crippen molar-refractivity contribution < 1.29 is 39.5 Å². The van der Waals surface area contributed by atoms with Crippen molar-refractivity contribution in [1.29, 1.82) is 0 Å². The number of oxazole rings is 1. The molecule has 13 heteroatoms. The molecule has 0 spiro atoms. The highest BCUT2D eigenvalue weighted by Gasteiger charge is 2.33. The summed E-state index contributed by atoms with van der Waals surface area (Å²) in [5, 5.41) is 0. The number of aromatic nitrogens is 3. The normalized spacial score (nSPS) is 12.5. The molecule has 0 fully saturated rings. The molecule has 0 aliphatic rings. The molecule has 43 heavy (non-hydrogen) atoms. The van der Waals surface area contributed by atoms with Crippen molar-refractivity contribution in [2.45, 2.75) is 37.4 Å². The summed E-state index contributed by atoms with van der Waals surface area (Å²) in [5.41, 5.74) is 2.18. The number of hydrogen-bond acceptors (Lipinski definition) is 6. The first kappa shape index (κ1) is 30.0. The predicted molar refractivity (Wildman–Crippen MR) is 149 cm³/mol. The average Bonchev–Trinajstić information content (AvgIpc) is 3.59. The van der Waals surface area contributed by atoms with Gasteiger partial charge in [-0.15, -0.1) is 13.2 Å². The second kappa shape index (κ2) is 11.0. The molecule has 0 amide bonds. The van der Waals surface area contributed by atoms with E-state index in [0.29, 0.717) is 27.9 Å². The van der Waals surface area contributed by atoms with Crippen molar-refractivity contribution in [2.24, 2.45) is 0 Å². The smallest absolute Gasteiger partial charge is 0.443 e. The Morgan fingerprint density at radius 3 is 2.26 bits per heavy atom. The van der Waals surface area contributed by atoms with Gasteiger partial charge in [0.25, 0.3) is 5.92 Å². The number of hydrogen-bond donors (Lipinski definition) is 0. The summed E-state index contributed by atoms with van der Waals surface area (Å²) in [6.07, 6.45) is -1.82. The van der Waals surface area contributed by atoms with E-state index in [2.05, 4.69) is 14.7 Å². The summed E-state index contributed by atoms with van der Waals surface area (Å²) in [6, 6.07) is 16.4. The van der Waals surface area contributed by atoms with Crippen LogP contribution in [0.3, 0.4) is 0 Å². The second-order valence-corrected chi connectivity index (χ2v) is 11.8. The van der Waals surface area contributed by atoms with E-state index in [9.17, 15) is 30.4 Å². The van der Waals surface area contributed by atoms with Gasteiger partial charge in [-0.05, 0) is 66.6 Å². The Morgan fingerprint density at radius 2 is 1.60 bits per heavy atom. The molecular formula is C30H24F5N3O4S. The molecule has 224 valence electrons. The molecule has 0 unspecified atom stereocenters. The number of imidazole rings is 1. The number of nitrogens with zero attached hydrogens (tertiary/aromatic N) is 3. The van der Waals surface area contributed by atoms with Crippen molar-refractivity contribution in [3.05, 3.63) is 90.8 Å². The molecule has 0 radical (unpaired) electrons. The third-order valence-corrected chi connectivity index (χ3v) is 7.84. The highest BCUT2D eigenvalue weighted by Crippen LogP contribution is 2.40. The number of aryl methyl sites for hydroxylation is 1. The molecule has 2 aromatic heterocycles. The van der Waals surface area contributed by atoms with Crippen LogP contribution >= 0.6 is 0 Å². The van der Waals surface area contributed by atoms with Crippen LogP contribution in [0.15, 0.2) is 88.6 Å². The van der Waals surface area contributed by atoms with Crippen LogP contribution in [0.4, 0.5) is 22.0 Å². The van der Waals surface area contributed by atoms with E-state index in [-0.39, 0.29) is 22.2 Å². The van der Waals surface area contributed by atoms with Crippen LogP contribution in [0.1, 0.15) is 24.9 Å². The van der Waals surface area contributed by atoms with Crippen molar-refractivity contribution in [2.75, 3.05) is 6.26 Å². The first-order chi connectivity index (χ1) is 20.2. The van der Waals surface area contributed by atoms with Crippen molar-refractivity contribution >= 4 is 9.84 Å². The standard InChI is InChI=1S/C30H24F5N3O4S/c1-4-29(31,32)26-16-38(18(2)37-26)25-13-10-21(20-6-5-7-23(14-20)43(3,39)40)15-24(25)28-27(36-17-41-28)19-8-11-22(12-9-19)42-30(33,34)35/h5-17H,4H2,1-3H3. The van der Waals surface area contributed by atoms with Gasteiger partial charge in [0.15, 0.2) is 22.0 Å². The molecule has 7 nitrogen and oxygen atoms in total. The summed E-state index contributed by atoms with van der Waals surface area (Å²) < 4.78 is 103. The Bertz CT molecular complexity index is 1900. The van der Waals surface area contributed by atoms with E-state index in [4.69, 9.17) is 4.42 Å². The number of rotatable bonds is 8. The van der Waals surface area contributed by atoms with Gasteiger partial charge in [0.2, 0.25) is 0 Å². The molecule has 0 atom stereocenters. The molecule has 0 bridgehead atoms. The van der Waals surface area contributed by atoms with Gasteiger partial charge >= 0.3 is 6.36 Å². The lowest BCUT2D eigenvalue weighted by Gasteiger charge is -2.15. The van der Waals surface area contributed by atoms with E-state index in [0.717, 1.165) is 24.8 Å². The van der Waals surface area contributed by atoms with Gasteiger partial charge in [-0.2, -0.15) is 8.78 Å². The van der Waals surface area contributed by atoms with Crippen LogP contribution in [0.25, 0.3) is 39.4 Å². The minimum atomic E-state index is -4.86. The fraction of sp³-hybridized carbons (Fsp3) is 0.200. The molecule has 5 aromatic rings. The maximum atomic E-state index is 14.6. The number of halogens is 5. The highest BCUT2D eigenvalue weighted by atomic mass is 32.2. The maximum Gasteiger partial charge on any atom is 0.573 e. The minimum Gasteiger partial charge on any atom is -0.443 e. The van der Waals surface area contributed by atoms with Gasteiger partial charge in [-0.3, -0.25) is 0 Å². The maximum absolute atomic E-state index is 14.6. The van der Waals surface area contributed by atoms with Crippen LogP contribution in [-0.4, -0.2) is 35.6 Å². The van der Waals surface area contributed by atoms with Crippen LogP contribution in [-0.2, 0) is 15.8 Å².